The zero-order chi connectivity index (χ0) is 26.7. The third-order valence-corrected chi connectivity index (χ3v) is 6.70. The molecule has 0 radical (unpaired) electrons. The van der Waals surface area contributed by atoms with Crippen molar-refractivity contribution in [2.45, 2.75) is 37.2 Å². The number of dihydropyridines is 1. The summed E-state index contributed by atoms with van der Waals surface area (Å²) in [5, 5.41) is 25.0. The van der Waals surface area contributed by atoms with Crippen LogP contribution in [0.2, 0.25) is 0 Å². The van der Waals surface area contributed by atoms with Gasteiger partial charge in [0.2, 0.25) is 0 Å². The first-order valence-electron chi connectivity index (χ1n) is 11.7. The summed E-state index contributed by atoms with van der Waals surface area (Å²) in [5.41, 5.74) is -1.01. The molecule has 0 spiro atoms. The van der Waals surface area contributed by atoms with Gasteiger partial charge in [-0.3, -0.25) is 4.98 Å². The third-order valence-electron chi connectivity index (χ3n) is 6.70. The Balaban J connectivity index is 1.58. The summed E-state index contributed by atoms with van der Waals surface area (Å²) in [6.45, 7) is 2.93. The Bertz CT molecular complexity index is 1250. The number of hydrogen-bond acceptors (Lipinski definition) is 6. The highest BCUT2D eigenvalue weighted by atomic mass is 19.4. The number of benzene rings is 1. The van der Waals surface area contributed by atoms with Gasteiger partial charge in [-0.2, -0.15) is 18.4 Å². The molecule has 1 aromatic heterocycles. The van der Waals surface area contributed by atoms with E-state index < -0.39 is 29.1 Å². The van der Waals surface area contributed by atoms with Crippen LogP contribution in [0, 0.1) is 11.3 Å². The molecule has 0 saturated carbocycles. The van der Waals surface area contributed by atoms with Crippen LogP contribution in [0.15, 0.2) is 66.7 Å². The van der Waals surface area contributed by atoms with E-state index in [1.165, 1.54) is 6.07 Å². The lowest BCUT2D eigenvalue weighted by molar-refractivity contribution is -0.137. The first kappa shape index (κ1) is 26.0. The van der Waals surface area contributed by atoms with Gasteiger partial charge in [0, 0.05) is 43.9 Å². The second kappa shape index (κ2) is 10.1. The van der Waals surface area contributed by atoms with Gasteiger partial charge in [0.05, 0.1) is 22.4 Å². The van der Waals surface area contributed by atoms with Gasteiger partial charge in [-0.1, -0.05) is 12.1 Å². The van der Waals surface area contributed by atoms with Crippen LogP contribution in [0.3, 0.4) is 0 Å². The van der Waals surface area contributed by atoms with Crippen molar-refractivity contribution in [1.82, 2.24) is 15.6 Å². The Hall–Kier alpha value is -4.04. The van der Waals surface area contributed by atoms with Crippen LogP contribution >= 0.6 is 0 Å². The summed E-state index contributed by atoms with van der Waals surface area (Å²) in [7, 11) is 0. The number of anilines is 1. The Kier molecular flexibility index (Phi) is 7.14. The minimum Gasteiger partial charge on any atom is -0.465 e. The van der Waals surface area contributed by atoms with Gasteiger partial charge in [-0.25, -0.2) is 4.79 Å². The van der Waals surface area contributed by atoms with Gasteiger partial charge >= 0.3 is 12.3 Å². The van der Waals surface area contributed by atoms with Gasteiger partial charge in [-0.15, -0.1) is 0 Å². The summed E-state index contributed by atoms with van der Waals surface area (Å²) in [5.74, 6) is 0. The SMILES string of the molecule is CCOC1(c2cccnc2)C=CC(C2(NC(=O)O)CCN(c3ccc(C(F)(F)F)cc3C#N)CC2)=CN1. The molecule has 3 heterocycles. The van der Waals surface area contributed by atoms with Crippen LogP contribution < -0.4 is 15.5 Å². The molecule has 194 valence electrons. The lowest BCUT2D eigenvalue weighted by Gasteiger charge is -2.45. The molecule has 0 bridgehead atoms. The number of piperidine rings is 1. The van der Waals surface area contributed by atoms with Gasteiger partial charge in [-0.05, 0) is 55.7 Å². The van der Waals surface area contributed by atoms with Crippen molar-refractivity contribution >= 4 is 11.8 Å². The first-order valence-corrected chi connectivity index (χ1v) is 11.7. The van der Waals surface area contributed by atoms with Gasteiger partial charge in [0.25, 0.3) is 0 Å². The quantitative estimate of drug-likeness (QED) is 0.521. The lowest BCUT2D eigenvalue weighted by Crippen LogP contribution is -2.57. The maximum absolute atomic E-state index is 13.1. The second-order valence-corrected chi connectivity index (χ2v) is 8.83. The molecule has 1 atom stereocenters. The molecular formula is C26H26F3N5O3. The maximum Gasteiger partial charge on any atom is 0.416 e. The largest absolute Gasteiger partial charge is 0.465 e. The molecular weight excluding hydrogens is 487 g/mol. The molecule has 1 unspecified atom stereocenters. The number of pyridine rings is 1. The van der Waals surface area contributed by atoms with Gasteiger partial charge < -0.3 is 25.4 Å². The van der Waals surface area contributed by atoms with Crippen molar-refractivity contribution < 1.29 is 27.8 Å². The van der Waals surface area contributed by atoms with Crippen molar-refractivity contribution in [3.8, 4) is 6.07 Å². The Morgan fingerprint density at radius 1 is 1.32 bits per heavy atom. The van der Waals surface area contributed by atoms with E-state index in [1.807, 2.05) is 31.2 Å². The average Bonchev–Trinajstić information content (AvgIpc) is 2.89. The summed E-state index contributed by atoms with van der Waals surface area (Å²) >= 11 is 0. The molecule has 4 rings (SSSR count). The Morgan fingerprint density at radius 3 is 2.62 bits per heavy atom. The van der Waals surface area contributed by atoms with E-state index in [2.05, 4.69) is 15.6 Å². The van der Waals surface area contributed by atoms with Crippen LogP contribution in [0.4, 0.5) is 23.7 Å². The zero-order valence-corrected chi connectivity index (χ0v) is 20.0. The summed E-state index contributed by atoms with van der Waals surface area (Å²) < 4.78 is 45.3. The van der Waals surface area contributed by atoms with Crippen molar-refractivity contribution in [3.05, 3.63) is 83.3 Å². The number of amides is 1. The smallest absolute Gasteiger partial charge is 0.416 e. The predicted molar refractivity (Wildman–Crippen MR) is 129 cm³/mol. The number of nitrogens with one attached hydrogen (secondary N) is 2. The number of rotatable bonds is 6. The molecule has 0 aliphatic carbocycles. The van der Waals surface area contributed by atoms with E-state index in [1.54, 1.807) is 29.6 Å². The van der Waals surface area contributed by atoms with Crippen molar-refractivity contribution in [2.75, 3.05) is 24.6 Å². The van der Waals surface area contributed by atoms with Crippen LogP contribution in [-0.4, -0.2) is 41.4 Å². The molecule has 11 heteroatoms. The first-order chi connectivity index (χ1) is 17.6. The van der Waals surface area contributed by atoms with E-state index in [4.69, 9.17) is 4.74 Å². The molecule has 3 N–H and O–H groups in total. The highest BCUT2D eigenvalue weighted by Gasteiger charge is 2.42. The maximum atomic E-state index is 13.1. The highest BCUT2D eigenvalue weighted by molar-refractivity contribution is 5.68. The average molecular weight is 514 g/mol. The minimum absolute atomic E-state index is 0.0788. The molecule has 1 amide bonds. The van der Waals surface area contributed by atoms with Crippen molar-refractivity contribution in [2.24, 2.45) is 0 Å². The Morgan fingerprint density at radius 2 is 2.08 bits per heavy atom. The molecule has 8 nitrogen and oxygen atoms in total. The fourth-order valence-corrected chi connectivity index (χ4v) is 4.85. The van der Waals surface area contributed by atoms with Crippen molar-refractivity contribution in [3.63, 3.8) is 0 Å². The van der Waals surface area contributed by atoms with Crippen LogP contribution in [0.5, 0.6) is 0 Å². The van der Waals surface area contributed by atoms with E-state index in [9.17, 15) is 28.3 Å². The fourth-order valence-electron chi connectivity index (χ4n) is 4.85. The molecule has 1 saturated heterocycles. The second-order valence-electron chi connectivity index (χ2n) is 8.83. The number of carbonyl (C=O) groups is 1. The number of aromatic nitrogens is 1. The van der Waals surface area contributed by atoms with E-state index in [0.717, 1.165) is 17.7 Å². The van der Waals surface area contributed by atoms with E-state index >= 15 is 0 Å². The van der Waals surface area contributed by atoms with Crippen molar-refractivity contribution in [1.29, 1.82) is 5.26 Å². The summed E-state index contributed by atoms with van der Waals surface area (Å²) in [6, 6.07) is 8.62. The molecule has 2 aliphatic heterocycles. The standard InChI is InChI=1S/C26H26F3N5O3/c1-2-37-25(21-4-3-11-31-16-21)8-7-20(17-32-25)24(33-23(35)36)9-12-34(13-10-24)22-6-5-19(26(27,28)29)14-18(22)15-30/h3-8,11,14,16-17,32-33H,2,9-10,12-13H2,1H3,(H,35,36). The minimum atomic E-state index is -4.55. The fraction of sp³-hybridized carbons (Fsp3) is 0.346. The molecule has 1 aromatic carbocycles. The predicted octanol–water partition coefficient (Wildman–Crippen LogP) is 4.51. The van der Waals surface area contributed by atoms with Crippen LogP contribution in [0.25, 0.3) is 0 Å². The molecule has 2 aliphatic rings. The van der Waals surface area contributed by atoms with Gasteiger partial charge in [0.15, 0.2) is 5.72 Å². The number of hydrogen-bond donors (Lipinski definition) is 3. The number of alkyl halides is 3. The van der Waals surface area contributed by atoms with E-state index in [-0.39, 0.29) is 5.56 Å². The van der Waals surface area contributed by atoms with E-state index in [0.29, 0.717) is 43.8 Å². The number of carboxylic acid groups (broad SMARTS) is 1. The topological polar surface area (TPSA) is 111 Å². The normalized spacial score (nSPS) is 20.9. The number of halogens is 3. The van der Waals surface area contributed by atoms with Crippen LogP contribution in [-0.2, 0) is 16.6 Å². The highest BCUT2D eigenvalue weighted by Crippen LogP contribution is 2.38. The monoisotopic (exact) mass is 513 g/mol. The molecule has 37 heavy (non-hydrogen) atoms. The number of nitrogens with zero attached hydrogens (tertiary/aromatic N) is 3. The molecule has 1 fully saturated rings. The third kappa shape index (κ3) is 5.24. The number of nitriles is 1. The summed E-state index contributed by atoms with van der Waals surface area (Å²) in [4.78, 5) is 17.7. The summed E-state index contributed by atoms with van der Waals surface area (Å²) in [6.07, 6.45) is 3.64. The zero-order valence-electron chi connectivity index (χ0n) is 20.0. The Labute approximate surface area is 212 Å². The lowest BCUT2D eigenvalue weighted by atomic mass is 9.79. The van der Waals surface area contributed by atoms with Crippen LogP contribution in [0.1, 0.15) is 36.5 Å². The van der Waals surface area contributed by atoms with Gasteiger partial charge in [0.1, 0.15) is 6.07 Å². The molecule has 2 aromatic rings. The number of ether oxygens (including phenoxy) is 1.